The van der Waals surface area contributed by atoms with Crippen LogP contribution >= 0.6 is 22.9 Å². The lowest BCUT2D eigenvalue weighted by atomic mass is 9.85. The Hall–Kier alpha value is -3.97. The summed E-state index contributed by atoms with van der Waals surface area (Å²) in [7, 11) is 0. The smallest absolute Gasteiger partial charge is 0.338 e. The zero-order valence-corrected chi connectivity index (χ0v) is 22.7. The maximum Gasteiger partial charge on any atom is 0.338 e. The van der Waals surface area contributed by atoms with Crippen molar-refractivity contribution < 1.29 is 28.2 Å². The summed E-state index contributed by atoms with van der Waals surface area (Å²) in [5.41, 5.74) is 0.827. The summed E-state index contributed by atoms with van der Waals surface area (Å²) in [6, 6.07) is 1.20. The van der Waals surface area contributed by atoms with Crippen LogP contribution in [0.15, 0.2) is 52.4 Å². The monoisotopic (exact) mass is 588 g/mol. The van der Waals surface area contributed by atoms with Gasteiger partial charge in [0.1, 0.15) is 6.04 Å². The molecule has 2 aliphatic heterocycles. The van der Waals surface area contributed by atoms with Crippen molar-refractivity contribution in [2.24, 2.45) is 10.9 Å². The van der Waals surface area contributed by atoms with Crippen LogP contribution in [0.25, 0.3) is 0 Å². The molecule has 2 aliphatic rings. The van der Waals surface area contributed by atoms with Crippen molar-refractivity contribution in [3.8, 4) is 0 Å². The fourth-order valence-electron chi connectivity index (χ4n) is 4.71. The number of aromatic nitrogens is 3. The number of carboxylic acids is 1. The highest BCUT2D eigenvalue weighted by molar-refractivity contribution is 7.11. The van der Waals surface area contributed by atoms with Crippen molar-refractivity contribution in [1.82, 2.24) is 20.3 Å². The second-order valence-corrected chi connectivity index (χ2v) is 10.3. The van der Waals surface area contributed by atoms with Crippen molar-refractivity contribution in [2.45, 2.75) is 25.8 Å². The van der Waals surface area contributed by atoms with Crippen molar-refractivity contribution in [3.05, 3.63) is 80.2 Å². The number of amidine groups is 1. The van der Waals surface area contributed by atoms with Crippen molar-refractivity contribution in [1.29, 1.82) is 0 Å². The first-order chi connectivity index (χ1) is 19.3. The molecule has 208 valence electrons. The molecule has 0 amide bonds. The normalized spacial score (nSPS) is 17.9. The van der Waals surface area contributed by atoms with Crippen molar-refractivity contribution in [2.75, 3.05) is 24.6 Å². The predicted octanol–water partition coefficient (Wildman–Crippen LogP) is 4.39. The Morgan fingerprint density at radius 1 is 1.20 bits per heavy atom. The van der Waals surface area contributed by atoms with Gasteiger partial charge >= 0.3 is 11.9 Å². The van der Waals surface area contributed by atoms with Crippen LogP contribution in [0, 0.1) is 17.6 Å². The molecule has 4 heterocycles. The zero-order valence-electron chi connectivity index (χ0n) is 21.1. The summed E-state index contributed by atoms with van der Waals surface area (Å²) in [5.74, 6) is -3.50. The summed E-state index contributed by atoms with van der Waals surface area (Å²) in [6.07, 6.45) is 5.26. The molecule has 0 radical (unpaired) electrons. The number of aliphatic imine (C=N–C) groups is 1. The Morgan fingerprint density at radius 3 is 2.55 bits per heavy atom. The lowest BCUT2D eigenvalue weighted by molar-refractivity contribution is -0.139. The topological polar surface area (TPSA) is 130 Å². The van der Waals surface area contributed by atoms with Gasteiger partial charge in [-0.1, -0.05) is 17.7 Å². The van der Waals surface area contributed by atoms with Crippen LogP contribution in [-0.2, 0) is 9.53 Å². The molecule has 1 fully saturated rings. The molecular formula is C26H23ClF2N6O4S. The van der Waals surface area contributed by atoms with Gasteiger partial charge in [0.05, 0.1) is 22.8 Å². The molecule has 0 saturated carbocycles. The number of halogens is 3. The first-order valence-corrected chi connectivity index (χ1v) is 13.6. The fraction of sp³-hybridized carbons (Fsp3) is 0.308. The van der Waals surface area contributed by atoms with Gasteiger partial charge in [-0.05, 0) is 25.8 Å². The summed E-state index contributed by atoms with van der Waals surface area (Å²) >= 11 is 7.58. The molecule has 40 heavy (non-hydrogen) atoms. The van der Waals surface area contributed by atoms with E-state index in [9.17, 15) is 18.4 Å². The van der Waals surface area contributed by atoms with E-state index in [0.29, 0.717) is 48.4 Å². The van der Waals surface area contributed by atoms with E-state index in [0.717, 1.165) is 6.07 Å². The molecule has 2 aromatic heterocycles. The number of ether oxygens (including phenoxy) is 1. The average Bonchev–Trinajstić information content (AvgIpc) is 3.51. The first kappa shape index (κ1) is 27.6. The van der Waals surface area contributed by atoms with Crippen LogP contribution in [0.3, 0.4) is 0 Å². The number of anilines is 1. The highest BCUT2D eigenvalue weighted by Crippen LogP contribution is 2.41. The molecule has 0 aliphatic carbocycles. The number of carbonyl (C=O) groups is 2. The van der Waals surface area contributed by atoms with Crippen LogP contribution in [0.2, 0.25) is 5.02 Å². The third kappa shape index (κ3) is 5.39. The summed E-state index contributed by atoms with van der Waals surface area (Å²) in [6.45, 7) is 2.79. The molecule has 1 unspecified atom stereocenters. The minimum absolute atomic E-state index is 0.00906. The maximum atomic E-state index is 14.6. The zero-order chi connectivity index (χ0) is 28.4. The van der Waals surface area contributed by atoms with Crippen LogP contribution in [0.1, 0.15) is 46.7 Å². The third-order valence-electron chi connectivity index (χ3n) is 6.64. The van der Waals surface area contributed by atoms with Gasteiger partial charge in [-0.2, -0.15) is 0 Å². The number of hydrogen-bond donors (Lipinski definition) is 2. The number of nitrogens with one attached hydrogen (secondary N) is 1. The Morgan fingerprint density at radius 2 is 1.93 bits per heavy atom. The quantitative estimate of drug-likeness (QED) is 0.305. The van der Waals surface area contributed by atoms with E-state index < -0.39 is 34.6 Å². The number of hydrogen-bond acceptors (Lipinski definition) is 10. The second-order valence-electron chi connectivity index (χ2n) is 8.99. The number of benzene rings is 1. The number of thiazole rings is 1. The van der Waals surface area contributed by atoms with Crippen molar-refractivity contribution in [3.63, 3.8) is 0 Å². The number of piperidine rings is 1. The Balaban J connectivity index is 1.52. The standard InChI is InChI=1S/C26H23ClF2N6O4S/c1-2-39-25(38)17-20(13-5-8-35(9-6-13)26-31-11-14(12-32-26)24(36)37)33-22(23-30-7-10-40-23)34-21(17)15-3-4-16(28)19(29)18(15)27/h3-4,7,10-13,21H,2,5-6,8-9H2,1H3,(H,33,34)(H,36,37). The van der Waals surface area contributed by atoms with E-state index in [2.05, 4.69) is 25.3 Å². The molecule has 1 atom stereocenters. The van der Waals surface area contributed by atoms with Gasteiger partial charge in [0.25, 0.3) is 0 Å². The molecular weight excluding hydrogens is 566 g/mol. The average molecular weight is 589 g/mol. The number of allylic oxidation sites excluding steroid dienone is 1. The Labute approximate surface area is 236 Å². The fourth-order valence-corrected chi connectivity index (χ4v) is 5.55. The maximum absolute atomic E-state index is 14.6. The van der Waals surface area contributed by atoms with Gasteiger partial charge in [-0.15, -0.1) is 11.3 Å². The number of aromatic carboxylic acids is 1. The molecule has 5 rings (SSSR count). The lowest BCUT2D eigenvalue weighted by Crippen LogP contribution is -2.42. The van der Waals surface area contributed by atoms with Gasteiger partial charge in [-0.25, -0.2) is 33.3 Å². The highest BCUT2D eigenvalue weighted by Gasteiger charge is 2.38. The van der Waals surface area contributed by atoms with E-state index >= 15 is 0 Å². The summed E-state index contributed by atoms with van der Waals surface area (Å²) < 4.78 is 33.9. The predicted molar refractivity (Wildman–Crippen MR) is 143 cm³/mol. The molecule has 10 nitrogen and oxygen atoms in total. The van der Waals surface area contributed by atoms with E-state index in [1.807, 2.05) is 4.90 Å². The van der Waals surface area contributed by atoms with Crippen LogP contribution in [-0.4, -0.2) is 57.5 Å². The number of esters is 1. The second kappa shape index (κ2) is 11.6. The molecule has 0 spiro atoms. The van der Waals surface area contributed by atoms with Gasteiger partial charge in [-0.3, -0.25) is 4.99 Å². The van der Waals surface area contributed by atoms with E-state index in [1.54, 1.807) is 18.5 Å². The van der Waals surface area contributed by atoms with Gasteiger partial charge in [0.2, 0.25) is 5.95 Å². The van der Waals surface area contributed by atoms with Crippen molar-refractivity contribution >= 4 is 46.7 Å². The summed E-state index contributed by atoms with van der Waals surface area (Å²) in [5, 5.41) is 14.3. The third-order valence-corrected chi connectivity index (χ3v) is 7.80. The molecule has 0 bridgehead atoms. The molecule has 3 aromatic rings. The number of rotatable bonds is 7. The van der Waals surface area contributed by atoms with E-state index in [-0.39, 0.29) is 29.2 Å². The van der Waals surface area contributed by atoms with Gasteiger partial charge < -0.3 is 20.1 Å². The highest BCUT2D eigenvalue weighted by atomic mass is 35.5. The SMILES string of the molecule is CCOC(=O)C1=C(C2CCN(c3ncc(C(=O)O)cn3)CC2)NC(c2nccs2)=NC1c1ccc(F)c(F)c1Cl. The number of carboxylic acid groups (broad SMARTS) is 1. The molecule has 1 saturated heterocycles. The molecule has 1 aromatic carbocycles. The summed E-state index contributed by atoms with van der Waals surface area (Å²) in [4.78, 5) is 43.8. The molecule has 2 N–H and O–H groups in total. The Bertz CT molecular complexity index is 1490. The van der Waals surface area contributed by atoms with Gasteiger partial charge in [0, 0.05) is 54.2 Å². The van der Waals surface area contributed by atoms with Crippen LogP contribution < -0.4 is 10.2 Å². The number of nitrogens with zero attached hydrogens (tertiary/aromatic N) is 5. The van der Waals surface area contributed by atoms with E-state index in [4.69, 9.17) is 21.4 Å². The van der Waals surface area contributed by atoms with E-state index in [1.165, 1.54) is 29.8 Å². The number of carbonyl (C=O) groups excluding carboxylic acids is 1. The van der Waals surface area contributed by atoms with Crippen LogP contribution in [0.5, 0.6) is 0 Å². The largest absolute Gasteiger partial charge is 0.478 e. The Kier molecular flexibility index (Phi) is 8.03. The minimum Gasteiger partial charge on any atom is -0.478 e. The lowest BCUT2D eigenvalue weighted by Gasteiger charge is -2.36. The molecule has 14 heteroatoms. The van der Waals surface area contributed by atoms with Crippen LogP contribution in [0.4, 0.5) is 14.7 Å². The minimum atomic E-state index is -1.23. The van der Waals surface area contributed by atoms with Gasteiger partial charge in [0.15, 0.2) is 22.5 Å². The first-order valence-electron chi connectivity index (χ1n) is 12.4.